The average Bonchev–Trinajstić information content (AvgIpc) is 2.33. The van der Waals surface area contributed by atoms with E-state index in [2.05, 4.69) is 32.8 Å². The summed E-state index contributed by atoms with van der Waals surface area (Å²) in [6, 6.07) is 0. The molecular formula is C12H18BrN3O. The molecule has 2 rings (SSSR count). The van der Waals surface area contributed by atoms with Gasteiger partial charge in [0, 0.05) is 6.61 Å². The molecular weight excluding hydrogens is 282 g/mol. The van der Waals surface area contributed by atoms with Crippen LogP contribution in [0.25, 0.3) is 0 Å². The second kappa shape index (κ2) is 4.90. The highest BCUT2D eigenvalue weighted by Gasteiger charge is 2.33. The van der Waals surface area contributed by atoms with Gasteiger partial charge in [-0.2, -0.15) is 0 Å². The fourth-order valence-electron chi connectivity index (χ4n) is 2.09. The van der Waals surface area contributed by atoms with Crippen LogP contribution < -0.4 is 5.73 Å². The summed E-state index contributed by atoms with van der Waals surface area (Å²) in [6.45, 7) is 4.88. The predicted molar refractivity (Wildman–Crippen MR) is 70.7 cm³/mol. The molecule has 2 heterocycles. The van der Waals surface area contributed by atoms with E-state index in [1.54, 1.807) is 0 Å². The molecule has 0 aliphatic carbocycles. The quantitative estimate of drug-likeness (QED) is 0.912. The summed E-state index contributed by atoms with van der Waals surface area (Å²) >= 11 is 3.43. The van der Waals surface area contributed by atoms with Crippen LogP contribution in [0.1, 0.15) is 44.6 Å². The molecule has 1 fully saturated rings. The third-order valence-electron chi connectivity index (χ3n) is 3.22. The second-order valence-electron chi connectivity index (χ2n) is 4.58. The van der Waals surface area contributed by atoms with Crippen LogP contribution >= 0.6 is 15.9 Å². The number of anilines is 1. The van der Waals surface area contributed by atoms with E-state index in [0.29, 0.717) is 5.82 Å². The second-order valence-corrected chi connectivity index (χ2v) is 5.38. The summed E-state index contributed by atoms with van der Waals surface area (Å²) in [5, 5.41) is 0. The lowest BCUT2D eigenvalue weighted by Gasteiger charge is -2.32. The van der Waals surface area contributed by atoms with E-state index in [1.807, 2.05) is 6.92 Å². The molecule has 94 valence electrons. The summed E-state index contributed by atoms with van der Waals surface area (Å²) in [7, 11) is 0. The number of halogens is 1. The Labute approximate surface area is 110 Å². The maximum Gasteiger partial charge on any atom is 0.162 e. The van der Waals surface area contributed by atoms with Gasteiger partial charge in [-0.1, -0.05) is 6.92 Å². The van der Waals surface area contributed by atoms with Crippen LogP contribution in [0.4, 0.5) is 5.82 Å². The highest BCUT2D eigenvalue weighted by molar-refractivity contribution is 9.10. The first-order chi connectivity index (χ1) is 8.07. The van der Waals surface area contributed by atoms with Gasteiger partial charge in [0.25, 0.3) is 0 Å². The molecule has 5 heteroatoms. The van der Waals surface area contributed by atoms with Crippen molar-refractivity contribution in [3.63, 3.8) is 0 Å². The normalized spacial score (nSPS) is 24.9. The van der Waals surface area contributed by atoms with Crippen molar-refractivity contribution in [3.05, 3.63) is 16.0 Å². The van der Waals surface area contributed by atoms with Crippen molar-refractivity contribution in [3.8, 4) is 0 Å². The number of hydrogen-bond donors (Lipinski definition) is 1. The number of nitrogens with zero attached hydrogens (tertiary/aromatic N) is 2. The standard InChI is InChI=1S/C12H18BrN3O/c1-3-8-9(13)10(14)16-11(15-8)12(2)6-4-5-7-17-12/h3-7H2,1-2H3,(H2,14,15,16). The van der Waals surface area contributed by atoms with Crippen LogP contribution in [0.2, 0.25) is 0 Å². The molecule has 1 atom stereocenters. The minimum Gasteiger partial charge on any atom is -0.383 e. The molecule has 17 heavy (non-hydrogen) atoms. The number of aryl methyl sites for hydroxylation is 1. The maximum atomic E-state index is 5.91. The molecule has 0 aromatic carbocycles. The first-order valence-electron chi connectivity index (χ1n) is 6.03. The third kappa shape index (κ3) is 2.45. The molecule has 0 amide bonds. The van der Waals surface area contributed by atoms with Gasteiger partial charge in [0.15, 0.2) is 5.82 Å². The van der Waals surface area contributed by atoms with Gasteiger partial charge in [0.05, 0.1) is 10.2 Å². The van der Waals surface area contributed by atoms with E-state index in [1.165, 1.54) is 0 Å². The molecule has 2 N–H and O–H groups in total. The molecule has 1 unspecified atom stereocenters. The summed E-state index contributed by atoms with van der Waals surface area (Å²) in [4.78, 5) is 8.96. The number of nitrogen functional groups attached to an aromatic ring is 1. The van der Waals surface area contributed by atoms with Gasteiger partial charge in [-0.3, -0.25) is 0 Å². The van der Waals surface area contributed by atoms with Gasteiger partial charge in [-0.05, 0) is 48.5 Å². The Kier molecular flexibility index (Phi) is 3.68. The van der Waals surface area contributed by atoms with Crippen molar-refractivity contribution in [1.29, 1.82) is 0 Å². The van der Waals surface area contributed by atoms with E-state index in [4.69, 9.17) is 10.5 Å². The van der Waals surface area contributed by atoms with Crippen LogP contribution in [0.15, 0.2) is 4.47 Å². The Balaban J connectivity index is 2.41. The van der Waals surface area contributed by atoms with Crippen molar-refractivity contribution < 1.29 is 4.74 Å². The van der Waals surface area contributed by atoms with E-state index in [-0.39, 0.29) is 5.60 Å². The average molecular weight is 300 g/mol. The van der Waals surface area contributed by atoms with Crippen LogP contribution in [-0.4, -0.2) is 16.6 Å². The smallest absolute Gasteiger partial charge is 0.162 e. The van der Waals surface area contributed by atoms with Crippen LogP contribution in [0.5, 0.6) is 0 Å². The summed E-state index contributed by atoms with van der Waals surface area (Å²) in [6.07, 6.45) is 4.05. The molecule has 1 aromatic rings. The summed E-state index contributed by atoms with van der Waals surface area (Å²) in [5.41, 5.74) is 6.48. The predicted octanol–water partition coefficient (Wildman–Crippen LogP) is 2.80. The lowest BCUT2D eigenvalue weighted by Crippen LogP contribution is -2.33. The van der Waals surface area contributed by atoms with Gasteiger partial charge in [-0.15, -0.1) is 0 Å². The van der Waals surface area contributed by atoms with Gasteiger partial charge >= 0.3 is 0 Å². The van der Waals surface area contributed by atoms with E-state index in [0.717, 1.165) is 48.3 Å². The van der Waals surface area contributed by atoms with Crippen molar-refractivity contribution >= 4 is 21.7 Å². The Bertz CT molecular complexity index is 416. The first-order valence-corrected chi connectivity index (χ1v) is 6.82. The molecule has 0 saturated carbocycles. The third-order valence-corrected chi connectivity index (χ3v) is 4.09. The Morgan fingerprint density at radius 1 is 1.41 bits per heavy atom. The van der Waals surface area contributed by atoms with Crippen LogP contribution in [-0.2, 0) is 16.8 Å². The highest BCUT2D eigenvalue weighted by Crippen LogP contribution is 2.34. The van der Waals surface area contributed by atoms with E-state index < -0.39 is 0 Å². The molecule has 4 nitrogen and oxygen atoms in total. The SMILES string of the molecule is CCc1nc(C2(C)CCCCO2)nc(N)c1Br. The van der Waals surface area contributed by atoms with Crippen LogP contribution in [0, 0.1) is 0 Å². The fourth-order valence-corrected chi connectivity index (χ4v) is 2.55. The van der Waals surface area contributed by atoms with Crippen molar-refractivity contribution in [2.24, 2.45) is 0 Å². The van der Waals surface area contributed by atoms with Gasteiger partial charge in [-0.25, -0.2) is 9.97 Å². The number of ether oxygens (including phenoxy) is 1. The Hall–Kier alpha value is -0.680. The van der Waals surface area contributed by atoms with Gasteiger partial charge in [0.2, 0.25) is 0 Å². The zero-order valence-electron chi connectivity index (χ0n) is 10.3. The summed E-state index contributed by atoms with van der Waals surface area (Å²) in [5.74, 6) is 1.22. The van der Waals surface area contributed by atoms with Gasteiger partial charge in [0.1, 0.15) is 11.4 Å². The largest absolute Gasteiger partial charge is 0.383 e. The molecule has 0 bridgehead atoms. The zero-order valence-corrected chi connectivity index (χ0v) is 11.9. The minimum atomic E-state index is -0.378. The first kappa shape index (κ1) is 12.8. The molecule has 0 radical (unpaired) electrons. The molecule has 0 spiro atoms. The van der Waals surface area contributed by atoms with Gasteiger partial charge < -0.3 is 10.5 Å². The number of nitrogens with two attached hydrogens (primary N) is 1. The lowest BCUT2D eigenvalue weighted by molar-refractivity contribution is -0.0760. The highest BCUT2D eigenvalue weighted by atomic mass is 79.9. The number of rotatable bonds is 2. The topological polar surface area (TPSA) is 61.0 Å². The van der Waals surface area contributed by atoms with Crippen molar-refractivity contribution in [2.45, 2.75) is 45.1 Å². The van der Waals surface area contributed by atoms with E-state index in [9.17, 15) is 0 Å². The summed E-state index contributed by atoms with van der Waals surface area (Å²) < 4.78 is 6.66. The van der Waals surface area contributed by atoms with Crippen LogP contribution in [0.3, 0.4) is 0 Å². The minimum absolute atomic E-state index is 0.378. The van der Waals surface area contributed by atoms with Crippen molar-refractivity contribution in [1.82, 2.24) is 9.97 Å². The molecule has 1 aliphatic heterocycles. The molecule has 1 aliphatic rings. The van der Waals surface area contributed by atoms with Crippen molar-refractivity contribution in [2.75, 3.05) is 12.3 Å². The monoisotopic (exact) mass is 299 g/mol. The number of hydrogen-bond acceptors (Lipinski definition) is 4. The zero-order chi connectivity index (χ0) is 12.5. The lowest BCUT2D eigenvalue weighted by atomic mass is 9.95. The van der Waals surface area contributed by atoms with E-state index >= 15 is 0 Å². The molecule has 1 aromatic heterocycles. The molecule has 1 saturated heterocycles. The maximum absolute atomic E-state index is 5.91. The fraction of sp³-hybridized carbons (Fsp3) is 0.667. The Morgan fingerprint density at radius 3 is 2.76 bits per heavy atom. The number of aromatic nitrogens is 2. The Morgan fingerprint density at radius 2 is 2.18 bits per heavy atom.